The fraction of sp³-hybridized carbons (Fsp3) is 0.500. The standard InChI is InChI=1S/C14H19NO2S/c1-18-12-4-2-11(3-5-12)6-9-15-10-14(7-8-14)13(16)17/h2-5,15H,6-10H2,1H3,(H,16,17). The summed E-state index contributed by atoms with van der Waals surface area (Å²) < 4.78 is 0. The number of carbonyl (C=O) groups is 1. The van der Waals surface area contributed by atoms with Crippen molar-refractivity contribution in [2.24, 2.45) is 5.41 Å². The first-order valence-corrected chi connectivity index (χ1v) is 7.46. The number of nitrogens with one attached hydrogen (secondary N) is 1. The topological polar surface area (TPSA) is 49.3 Å². The summed E-state index contributed by atoms with van der Waals surface area (Å²) in [6.07, 6.45) is 4.65. The van der Waals surface area contributed by atoms with Gasteiger partial charge >= 0.3 is 5.97 Å². The Hall–Kier alpha value is -1.00. The lowest BCUT2D eigenvalue weighted by molar-refractivity contribution is -0.143. The van der Waals surface area contributed by atoms with E-state index in [0.717, 1.165) is 25.8 Å². The molecule has 98 valence electrons. The van der Waals surface area contributed by atoms with Gasteiger partial charge in [0, 0.05) is 11.4 Å². The average molecular weight is 265 g/mol. The lowest BCUT2D eigenvalue weighted by Gasteiger charge is -2.11. The zero-order valence-corrected chi connectivity index (χ0v) is 11.4. The SMILES string of the molecule is CSc1ccc(CCNCC2(C(=O)O)CC2)cc1. The van der Waals surface area contributed by atoms with Gasteiger partial charge in [0.2, 0.25) is 0 Å². The molecule has 0 heterocycles. The molecule has 2 rings (SSSR count). The predicted molar refractivity (Wildman–Crippen MR) is 74.1 cm³/mol. The van der Waals surface area contributed by atoms with Crippen LogP contribution in [-0.4, -0.2) is 30.4 Å². The minimum atomic E-state index is -0.653. The molecule has 3 nitrogen and oxygen atoms in total. The number of benzene rings is 1. The van der Waals surface area contributed by atoms with Crippen LogP contribution in [0, 0.1) is 5.41 Å². The number of carboxylic acid groups (broad SMARTS) is 1. The van der Waals surface area contributed by atoms with Crippen molar-refractivity contribution in [2.45, 2.75) is 24.2 Å². The fourth-order valence-corrected chi connectivity index (χ4v) is 2.38. The Morgan fingerprint density at radius 3 is 2.56 bits per heavy atom. The van der Waals surface area contributed by atoms with Gasteiger partial charge in [-0.05, 0) is 49.8 Å². The lowest BCUT2D eigenvalue weighted by Crippen LogP contribution is -2.31. The second-order valence-electron chi connectivity index (χ2n) is 4.86. The third kappa shape index (κ3) is 3.27. The molecule has 1 saturated carbocycles. The average Bonchev–Trinajstić information content (AvgIpc) is 3.17. The third-order valence-corrected chi connectivity index (χ3v) is 4.26. The maximum atomic E-state index is 11.0. The molecular formula is C14H19NO2S. The molecule has 1 fully saturated rings. The summed E-state index contributed by atoms with van der Waals surface area (Å²) in [7, 11) is 0. The minimum Gasteiger partial charge on any atom is -0.481 e. The van der Waals surface area contributed by atoms with E-state index in [0.29, 0.717) is 6.54 Å². The van der Waals surface area contributed by atoms with Gasteiger partial charge in [0.1, 0.15) is 0 Å². The van der Waals surface area contributed by atoms with E-state index in [1.54, 1.807) is 11.8 Å². The fourth-order valence-electron chi connectivity index (χ4n) is 1.97. The van der Waals surface area contributed by atoms with Crippen LogP contribution in [0.4, 0.5) is 0 Å². The number of thioether (sulfide) groups is 1. The Labute approximate surface area is 112 Å². The molecule has 0 atom stereocenters. The first kappa shape index (κ1) is 13.4. The van der Waals surface area contributed by atoms with Gasteiger partial charge in [0.25, 0.3) is 0 Å². The van der Waals surface area contributed by atoms with Gasteiger partial charge in [-0.3, -0.25) is 4.79 Å². The second kappa shape index (κ2) is 5.76. The summed E-state index contributed by atoms with van der Waals surface area (Å²) in [5, 5.41) is 12.3. The van der Waals surface area contributed by atoms with Gasteiger partial charge in [-0.2, -0.15) is 0 Å². The predicted octanol–water partition coefficient (Wildman–Crippen LogP) is 2.41. The quantitative estimate of drug-likeness (QED) is 0.587. The molecule has 1 aromatic carbocycles. The van der Waals surface area contributed by atoms with Crippen LogP contribution >= 0.6 is 11.8 Å². The van der Waals surface area contributed by atoms with E-state index in [1.165, 1.54) is 10.5 Å². The maximum absolute atomic E-state index is 11.0. The second-order valence-corrected chi connectivity index (χ2v) is 5.74. The molecule has 0 bridgehead atoms. The van der Waals surface area contributed by atoms with E-state index in [2.05, 4.69) is 35.8 Å². The van der Waals surface area contributed by atoms with E-state index in [9.17, 15) is 4.79 Å². The molecule has 0 radical (unpaired) electrons. The van der Waals surface area contributed by atoms with Gasteiger partial charge in [-0.15, -0.1) is 11.8 Å². The number of hydrogen-bond donors (Lipinski definition) is 2. The normalized spacial score (nSPS) is 16.5. The molecular weight excluding hydrogens is 246 g/mol. The Bertz CT molecular complexity index is 412. The molecule has 4 heteroatoms. The van der Waals surface area contributed by atoms with Crippen LogP contribution in [0.1, 0.15) is 18.4 Å². The van der Waals surface area contributed by atoms with Crippen molar-refractivity contribution in [3.8, 4) is 0 Å². The maximum Gasteiger partial charge on any atom is 0.310 e. The van der Waals surface area contributed by atoms with Gasteiger partial charge in [0.15, 0.2) is 0 Å². The molecule has 0 aromatic heterocycles. The van der Waals surface area contributed by atoms with Gasteiger partial charge < -0.3 is 10.4 Å². The third-order valence-electron chi connectivity index (χ3n) is 3.52. The summed E-state index contributed by atoms with van der Waals surface area (Å²) >= 11 is 1.74. The van der Waals surface area contributed by atoms with Crippen molar-refractivity contribution < 1.29 is 9.90 Å². The molecule has 0 unspecified atom stereocenters. The van der Waals surface area contributed by atoms with Crippen LogP contribution in [0.15, 0.2) is 29.2 Å². The lowest BCUT2D eigenvalue weighted by atomic mass is 10.1. The van der Waals surface area contributed by atoms with Crippen molar-refractivity contribution in [1.29, 1.82) is 0 Å². The molecule has 1 aromatic rings. The summed E-state index contributed by atoms with van der Waals surface area (Å²) in [6, 6.07) is 8.52. The highest BCUT2D eigenvalue weighted by Crippen LogP contribution is 2.45. The molecule has 2 N–H and O–H groups in total. The molecule has 18 heavy (non-hydrogen) atoms. The number of rotatable bonds is 7. The summed E-state index contributed by atoms with van der Waals surface area (Å²) in [5.74, 6) is -0.653. The zero-order valence-electron chi connectivity index (χ0n) is 10.6. The van der Waals surface area contributed by atoms with E-state index >= 15 is 0 Å². The highest BCUT2D eigenvalue weighted by Gasteiger charge is 2.49. The van der Waals surface area contributed by atoms with Crippen molar-refractivity contribution in [2.75, 3.05) is 19.3 Å². The monoisotopic (exact) mass is 265 g/mol. The number of hydrogen-bond acceptors (Lipinski definition) is 3. The Kier molecular flexibility index (Phi) is 4.30. The van der Waals surface area contributed by atoms with Crippen LogP contribution in [0.2, 0.25) is 0 Å². The minimum absolute atomic E-state index is 0.456. The van der Waals surface area contributed by atoms with Crippen LogP contribution < -0.4 is 5.32 Å². The molecule has 1 aliphatic carbocycles. The van der Waals surface area contributed by atoms with Crippen LogP contribution in [0.5, 0.6) is 0 Å². The van der Waals surface area contributed by atoms with Gasteiger partial charge in [-0.25, -0.2) is 0 Å². The summed E-state index contributed by atoms with van der Waals surface area (Å²) in [4.78, 5) is 12.2. The smallest absolute Gasteiger partial charge is 0.310 e. The zero-order chi connectivity index (χ0) is 13.0. The van der Waals surface area contributed by atoms with E-state index in [4.69, 9.17) is 5.11 Å². The van der Waals surface area contributed by atoms with Crippen LogP contribution in [0.3, 0.4) is 0 Å². The van der Waals surface area contributed by atoms with Crippen molar-refractivity contribution in [1.82, 2.24) is 5.32 Å². The van der Waals surface area contributed by atoms with E-state index in [-0.39, 0.29) is 0 Å². The Balaban J connectivity index is 1.70. The van der Waals surface area contributed by atoms with Gasteiger partial charge in [-0.1, -0.05) is 12.1 Å². The molecule has 1 aliphatic rings. The van der Waals surface area contributed by atoms with Crippen molar-refractivity contribution >= 4 is 17.7 Å². The van der Waals surface area contributed by atoms with Crippen LogP contribution in [-0.2, 0) is 11.2 Å². The first-order valence-electron chi connectivity index (χ1n) is 6.23. The summed E-state index contributed by atoms with van der Waals surface area (Å²) in [6.45, 7) is 1.44. The molecule has 0 spiro atoms. The summed E-state index contributed by atoms with van der Waals surface area (Å²) in [5.41, 5.74) is 0.836. The number of aliphatic carboxylic acids is 1. The largest absolute Gasteiger partial charge is 0.481 e. The highest BCUT2D eigenvalue weighted by molar-refractivity contribution is 7.98. The first-order chi connectivity index (χ1) is 8.66. The Morgan fingerprint density at radius 2 is 2.06 bits per heavy atom. The molecule has 0 amide bonds. The molecule has 0 saturated heterocycles. The van der Waals surface area contributed by atoms with Crippen LogP contribution in [0.25, 0.3) is 0 Å². The van der Waals surface area contributed by atoms with Crippen molar-refractivity contribution in [3.63, 3.8) is 0 Å². The highest BCUT2D eigenvalue weighted by atomic mass is 32.2. The Morgan fingerprint density at radius 1 is 1.39 bits per heavy atom. The number of carboxylic acids is 1. The van der Waals surface area contributed by atoms with Gasteiger partial charge in [0.05, 0.1) is 5.41 Å². The van der Waals surface area contributed by atoms with Crippen molar-refractivity contribution in [3.05, 3.63) is 29.8 Å². The molecule has 0 aliphatic heterocycles. The van der Waals surface area contributed by atoms with E-state index < -0.39 is 11.4 Å². The van der Waals surface area contributed by atoms with E-state index in [1.807, 2.05) is 0 Å².